The molecule has 17 heavy (non-hydrogen) atoms. The van der Waals surface area contributed by atoms with Gasteiger partial charge in [0, 0.05) is 18.4 Å². The molecule has 0 aromatic heterocycles. The monoisotopic (exact) mass is 237 g/mol. The average Bonchev–Trinajstić information content (AvgIpc) is 2.95. The van der Waals surface area contributed by atoms with Gasteiger partial charge in [0.25, 0.3) is 0 Å². The number of hydrogen-bond acceptors (Lipinski definition) is 2. The van der Waals surface area contributed by atoms with E-state index in [0.29, 0.717) is 12.5 Å². The van der Waals surface area contributed by atoms with Crippen LogP contribution in [0.5, 0.6) is 0 Å². The van der Waals surface area contributed by atoms with E-state index in [1.165, 1.54) is 12.8 Å². The fraction of sp³-hybridized carbons (Fsp3) is 0.929. The lowest BCUT2D eigenvalue weighted by Crippen LogP contribution is -2.39. The molecule has 0 aromatic carbocycles. The minimum absolute atomic E-state index is 0.193. The standard InChI is InChI=1S/C14H23NO2/c16-13-4-2-1-3-9(13)8-15-14(17)12-6-10-5-11(10)7-12/h9-13,16H,1-8H2,(H,15,17). The van der Waals surface area contributed by atoms with Crippen LogP contribution < -0.4 is 5.32 Å². The Morgan fingerprint density at radius 1 is 1.12 bits per heavy atom. The minimum Gasteiger partial charge on any atom is -0.393 e. The molecule has 2 N–H and O–H groups in total. The molecule has 3 aliphatic carbocycles. The molecule has 0 saturated heterocycles. The first-order chi connectivity index (χ1) is 8.24. The quantitative estimate of drug-likeness (QED) is 0.785. The van der Waals surface area contributed by atoms with E-state index in [4.69, 9.17) is 0 Å². The number of rotatable bonds is 3. The van der Waals surface area contributed by atoms with Crippen molar-refractivity contribution in [3.05, 3.63) is 0 Å². The molecule has 3 fully saturated rings. The van der Waals surface area contributed by atoms with Gasteiger partial charge in [-0.05, 0) is 43.9 Å². The Morgan fingerprint density at radius 3 is 2.53 bits per heavy atom. The summed E-state index contributed by atoms with van der Waals surface area (Å²) >= 11 is 0. The fourth-order valence-electron chi connectivity index (χ4n) is 3.73. The predicted octanol–water partition coefficient (Wildman–Crippen LogP) is 1.70. The summed E-state index contributed by atoms with van der Waals surface area (Å²) in [6.07, 6.45) is 7.72. The third kappa shape index (κ3) is 2.49. The van der Waals surface area contributed by atoms with Gasteiger partial charge in [0.05, 0.1) is 6.10 Å². The number of fused-ring (bicyclic) bond motifs is 1. The lowest BCUT2D eigenvalue weighted by atomic mass is 9.86. The highest BCUT2D eigenvalue weighted by Gasteiger charge is 2.47. The molecular formula is C14H23NO2. The van der Waals surface area contributed by atoms with Crippen LogP contribution in [0.1, 0.15) is 44.9 Å². The zero-order chi connectivity index (χ0) is 11.8. The summed E-state index contributed by atoms with van der Waals surface area (Å²) in [5.74, 6) is 2.55. The van der Waals surface area contributed by atoms with Gasteiger partial charge in [-0.3, -0.25) is 4.79 Å². The van der Waals surface area contributed by atoms with E-state index in [2.05, 4.69) is 5.32 Å². The van der Waals surface area contributed by atoms with Gasteiger partial charge in [-0.2, -0.15) is 0 Å². The van der Waals surface area contributed by atoms with Gasteiger partial charge in [-0.25, -0.2) is 0 Å². The molecule has 0 radical (unpaired) electrons. The van der Waals surface area contributed by atoms with Crippen molar-refractivity contribution in [1.82, 2.24) is 5.32 Å². The molecule has 3 aliphatic rings. The van der Waals surface area contributed by atoms with Crippen molar-refractivity contribution in [2.45, 2.75) is 51.0 Å². The van der Waals surface area contributed by atoms with Crippen molar-refractivity contribution in [3.63, 3.8) is 0 Å². The molecule has 3 nitrogen and oxygen atoms in total. The van der Waals surface area contributed by atoms with Crippen LogP contribution >= 0.6 is 0 Å². The zero-order valence-corrected chi connectivity index (χ0v) is 10.4. The molecule has 0 heterocycles. The summed E-state index contributed by atoms with van der Waals surface area (Å²) < 4.78 is 0. The van der Waals surface area contributed by atoms with E-state index in [9.17, 15) is 9.90 Å². The minimum atomic E-state index is -0.193. The van der Waals surface area contributed by atoms with Crippen LogP contribution in [0.2, 0.25) is 0 Å². The van der Waals surface area contributed by atoms with Crippen molar-refractivity contribution in [1.29, 1.82) is 0 Å². The maximum absolute atomic E-state index is 12.0. The van der Waals surface area contributed by atoms with Crippen molar-refractivity contribution < 1.29 is 9.90 Å². The first-order valence-electron chi connectivity index (χ1n) is 7.20. The van der Waals surface area contributed by atoms with Crippen LogP contribution in [-0.4, -0.2) is 23.7 Å². The maximum Gasteiger partial charge on any atom is 0.223 e. The maximum atomic E-state index is 12.0. The number of amides is 1. The summed E-state index contributed by atoms with van der Waals surface area (Å²) in [4.78, 5) is 12.0. The Morgan fingerprint density at radius 2 is 1.82 bits per heavy atom. The fourth-order valence-corrected chi connectivity index (χ4v) is 3.73. The molecule has 1 amide bonds. The zero-order valence-electron chi connectivity index (χ0n) is 10.4. The van der Waals surface area contributed by atoms with E-state index in [0.717, 1.165) is 43.9 Å². The number of hydrogen-bond donors (Lipinski definition) is 2. The van der Waals surface area contributed by atoms with Crippen LogP contribution in [0.3, 0.4) is 0 Å². The number of aliphatic hydroxyl groups is 1. The molecule has 4 unspecified atom stereocenters. The molecule has 0 aromatic rings. The molecule has 3 heteroatoms. The Hall–Kier alpha value is -0.570. The topological polar surface area (TPSA) is 49.3 Å². The smallest absolute Gasteiger partial charge is 0.223 e. The van der Waals surface area contributed by atoms with Gasteiger partial charge in [-0.1, -0.05) is 12.8 Å². The molecule has 0 spiro atoms. The van der Waals surface area contributed by atoms with E-state index in [1.54, 1.807) is 0 Å². The lowest BCUT2D eigenvalue weighted by molar-refractivity contribution is -0.125. The molecule has 3 rings (SSSR count). The van der Waals surface area contributed by atoms with Gasteiger partial charge in [-0.15, -0.1) is 0 Å². The van der Waals surface area contributed by atoms with Crippen LogP contribution in [0, 0.1) is 23.7 Å². The summed E-state index contributed by atoms with van der Waals surface area (Å²) in [7, 11) is 0. The summed E-state index contributed by atoms with van der Waals surface area (Å²) in [5, 5.41) is 12.9. The van der Waals surface area contributed by atoms with Crippen LogP contribution in [0.4, 0.5) is 0 Å². The molecule has 96 valence electrons. The normalized spacial score (nSPS) is 44.2. The van der Waals surface area contributed by atoms with Gasteiger partial charge in [0.1, 0.15) is 0 Å². The van der Waals surface area contributed by atoms with Gasteiger partial charge < -0.3 is 10.4 Å². The van der Waals surface area contributed by atoms with E-state index in [-0.39, 0.29) is 17.9 Å². The highest BCUT2D eigenvalue weighted by atomic mass is 16.3. The number of nitrogens with one attached hydrogen (secondary N) is 1. The third-order valence-electron chi connectivity index (χ3n) is 5.02. The van der Waals surface area contributed by atoms with Crippen molar-refractivity contribution >= 4 is 5.91 Å². The van der Waals surface area contributed by atoms with Gasteiger partial charge >= 0.3 is 0 Å². The van der Waals surface area contributed by atoms with Crippen LogP contribution in [0.15, 0.2) is 0 Å². The summed E-state index contributed by atoms with van der Waals surface area (Å²) in [6, 6.07) is 0. The number of aliphatic hydroxyl groups excluding tert-OH is 1. The van der Waals surface area contributed by atoms with Gasteiger partial charge in [0.2, 0.25) is 5.91 Å². The molecule has 4 atom stereocenters. The second-order valence-corrected chi connectivity index (χ2v) is 6.28. The van der Waals surface area contributed by atoms with E-state index in [1.807, 2.05) is 0 Å². The Kier molecular flexibility index (Phi) is 3.12. The highest BCUT2D eigenvalue weighted by molar-refractivity contribution is 5.79. The highest BCUT2D eigenvalue weighted by Crippen LogP contribution is 2.54. The molecule has 0 aliphatic heterocycles. The van der Waals surface area contributed by atoms with Crippen molar-refractivity contribution in [2.75, 3.05) is 6.54 Å². The van der Waals surface area contributed by atoms with E-state index >= 15 is 0 Å². The van der Waals surface area contributed by atoms with Crippen LogP contribution in [0.25, 0.3) is 0 Å². The average molecular weight is 237 g/mol. The van der Waals surface area contributed by atoms with Crippen LogP contribution in [-0.2, 0) is 4.79 Å². The SMILES string of the molecule is O=C(NCC1CCCCC1O)C1CC2CC2C1. The van der Waals surface area contributed by atoms with Crippen molar-refractivity contribution in [3.8, 4) is 0 Å². The first kappa shape index (κ1) is 11.5. The number of carbonyl (C=O) groups excluding carboxylic acids is 1. The summed E-state index contributed by atoms with van der Waals surface area (Å²) in [6.45, 7) is 0.686. The molecular weight excluding hydrogens is 214 g/mol. The predicted molar refractivity (Wildman–Crippen MR) is 65.3 cm³/mol. The Bertz CT molecular complexity index is 295. The Labute approximate surface area is 103 Å². The third-order valence-corrected chi connectivity index (χ3v) is 5.02. The Balaban J connectivity index is 1.42. The van der Waals surface area contributed by atoms with E-state index < -0.39 is 0 Å². The number of carbonyl (C=O) groups is 1. The summed E-state index contributed by atoms with van der Waals surface area (Å²) in [5.41, 5.74) is 0. The van der Waals surface area contributed by atoms with Crippen molar-refractivity contribution in [2.24, 2.45) is 23.7 Å². The lowest BCUT2D eigenvalue weighted by Gasteiger charge is -2.28. The second kappa shape index (κ2) is 4.60. The largest absolute Gasteiger partial charge is 0.393 e. The first-order valence-corrected chi connectivity index (χ1v) is 7.20. The van der Waals surface area contributed by atoms with Gasteiger partial charge in [0.15, 0.2) is 0 Å². The second-order valence-electron chi connectivity index (χ2n) is 6.28. The molecule has 3 saturated carbocycles. The molecule has 0 bridgehead atoms.